The zero-order valence-corrected chi connectivity index (χ0v) is 9.10. The van der Waals surface area contributed by atoms with Gasteiger partial charge in [-0.2, -0.15) is 11.8 Å². The molecule has 0 aliphatic rings. The van der Waals surface area contributed by atoms with Crippen LogP contribution in [0.25, 0.3) is 0 Å². The van der Waals surface area contributed by atoms with Gasteiger partial charge in [0.05, 0.1) is 0 Å². The van der Waals surface area contributed by atoms with Crippen molar-refractivity contribution in [1.82, 2.24) is 5.32 Å². The molecule has 0 heterocycles. The molecule has 0 spiro atoms. The SMILES string of the molecule is CNCC(C)SCc1ccccc1. The minimum absolute atomic E-state index is 0.685. The highest BCUT2D eigenvalue weighted by atomic mass is 32.2. The number of benzene rings is 1. The maximum atomic E-state index is 3.18. The summed E-state index contributed by atoms with van der Waals surface area (Å²) in [6.45, 7) is 3.33. The van der Waals surface area contributed by atoms with Gasteiger partial charge in [-0.1, -0.05) is 37.3 Å². The van der Waals surface area contributed by atoms with Gasteiger partial charge in [-0.05, 0) is 12.6 Å². The van der Waals surface area contributed by atoms with Crippen molar-refractivity contribution in [2.75, 3.05) is 13.6 Å². The summed E-state index contributed by atoms with van der Waals surface area (Å²) in [7, 11) is 2.00. The molecular weight excluding hydrogens is 178 g/mol. The van der Waals surface area contributed by atoms with E-state index in [-0.39, 0.29) is 0 Å². The quantitative estimate of drug-likeness (QED) is 0.775. The molecule has 0 aliphatic carbocycles. The second-order valence-electron chi connectivity index (χ2n) is 3.16. The molecule has 0 aromatic heterocycles. The Balaban J connectivity index is 2.27. The molecule has 1 nitrogen and oxygen atoms in total. The fraction of sp³-hybridized carbons (Fsp3) is 0.455. The van der Waals surface area contributed by atoms with Crippen molar-refractivity contribution in [3.05, 3.63) is 35.9 Å². The van der Waals surface area contributed by atoms with Gasteiger partial charge in [-0.25, -0.2) is 0 Å². The standard InChI is InChI=1S/C11H17NS/c1-10(8-12-2)13-9-11-6-4-3-5-7-11/h3-7,10,12H,8-9H2,1-2H3. The molecule has 0 fully saturated rings. The molecule has 0 saturated carbocycles. The van der Waals surface area contributed by atoms with Crippen LogP contribution in [0.15, 0.2) is 30.3 Å². The molecule has 1 N–H and O–H groups in total. The Morgan fingerprint density at radius 2 is 2.00 bits per heavy atom. The first-order valence-electron chi connectivity index (χ1n) is 4.63. The van der Waals surface area contributed by atoms with Crippen molar-refractivity contribution in [1.29, 1.82) is 0 Å². The summed E-state index contributed by atoms with van der Waals surface area (Å²) < 4.78 is 0. The van der Waals surface area contributed by atoms with E-state index < -0.39 is 0 Å². The van der Waals surface area contributed by atoms with Crippen LogP contribution in [0, 0.1) is 0 Å². The van der Waals surface area contributed by atoms with Crippen LogP contribution in [-0.2, 0) is 5.75 Å². The number of hydrogen-bond acceptors (Lipinski definition) is 2. The molecule has 1 aromatic carbocycles. The third-order valence-electron chi connectivity index (χ3n) is 1.87. The van der Waals surface area contributed by atoms with Gasteiger partial charge in [0, 0.05) is 17.5 Å². The van der Waals surface area contributed by atoms with Gasteiger partial charge < -0.3 is 5.32 Å². The molecule has 1 rings (SSSR count). The van der Waals surface area contributed by atoms with Gasteiger partial charge >= 0.3 is 0 Å². The molecule has 1 aromatic rings. The Kier molecular flexibility index (Phi) is 4.94. The van der Waals surface area contributed by atoms with Crippen LogP contribution in [0.2, 0.25) is 0 Å². The zero-order chi connectivity index (χ0) is 9.52. The number of thioether (sulfide) groups is 1. The van der Waals surface area contributed by atoms with Crippen molar-refractivity contribution in [3.8, 4) is 0 Å². The molecule has 72 valence electrons. The Morgan fingerprint density at radius 3 is 2.62 bits per heavy atom. The Hall–Kier alpha value is -0.470. The lowest BCUT2D eigenvalue weighted by Crippen LogP contribution is -2.17. The second-order valence-corrected chi connectivity index (χ2v) is 4.59. The van der Waals surface area contributed by atoms with E-state index in [9.17, 15) is 0 Å². The summed E-state index contributed by atoms with van der Waals surface area (Å²) in [6, 6.07) is 10.6. The normalized spacial score (nSPS) is 12.8. The second kappa shape index (κ2) is 6.06. The zero-order valence-electron chi connectivity index (χ0n) is 8.29. The largest absolute Gasteiger partial charge is 0.319 e. The molecule has 0 saturated heterocycles. The van der Waals surface area contributed by atoms with E-state index in [1.165, 1.54) is 5.56 Å². The van der Waals surface area contributed by atoms with E-state index in [1.54, 1.807) is 0 Å². The molecule has 0 aliphatic heterocycles. The van der Waals surface area contributed by atoms with Gasteiger partial charge in [-0.3, -0.25) is 0 Å². The highest BCUT2D eigenvalue weighted by Crippen LogP contribution is 2.16. The lowest BCUT2D eigenvalue weighted by molar-refractivity contribution is 0.785. The van der Waals surface area contributed by atoms with Gasteiger partial charge in [0.1, 0.15) is 0 Å². The van der Waals surface area contributed by atoms with Crippen molar-refractivity contribution in [2.24, 2.45) is 0 Å². The lowest BCUT2D eigenvalue weighted by Gasteiger charge is -2.09. The van der Waals surface area contributed by atoms with Crippen LogP contribution >= 0.6 is 11.8 Å². The van der Waals surface area contributed by atoms with Gasteiger partial charge in [0.25, 0.3) is 0 Å². The van der Waals surface area contributed by atoms with Crippen LogP contribution in [0.1, 0.15) is 12.5 Å². The van der Waals surface area contributed by atoms with Crippen molar-refractivity contribution in [3.63, 3.8) is 0 Å². The van der Waals surface area contributed by atoms with E-state index in [0.717, 1.165) is 12.3 Å². The van der Waals surface area contributed by atoms with Gasteiger partial charge in [0.15, 0.2) is 0 Å². The highest BCUT2D eigenvalue weighted by Gasteiger charge is 2.00. The predicted octanol–water partition coefficient (Wildman–Crippen LogP) is 2.53. The minimum Gasteiger partial charge on any atom is -0.319 e. The van der Waals surface area contributed by atoms with Crippen molar-refractivity contribution < 1.29 is 0 Å². The van der Waals surface area contributed by atoms with E-state index >= 15 is 0 Å². The first-order chi connectivity index (χ1) is 6.33. The third-order valence-corrected chi connectivity index (χ3v) is 3.10. The summed E-state index contributed by atoms with van der Waals surface area (Å²) in [6.07, 6.45) is 0. The fourth-order valence-electron chi connectivity index (χ4n) is 1.16. The molecule has 1 unspecified atom stereocenters. The summed E-state index contributed by atoms with van der Waals surface area (Å²) in [4.78, 5) is 0. The first kappa shape index (κ1) is 10.6. The molecule has 0 bridgehead atoms. The topological polar surface area (TPSA) is 12.0 Å². The number of nitrogens with one attached hydrogen (secondary N) is 1. The maximum Gasteiger partial charge on any atom is 0.0187 e. The average molecular weight is 195 g/mol. The Morgan fingerprint density at radius 1 is 1.31 bits per heavy atom. The molecule has 13 heavy (non-hydrogen) atoms. The number of hydrogen-bond donors (Lipinski definition) is 1. The molecule has 0 amide bonds. The highest BCUT2D eigenvalue weighted by molar-refractivity contribution is 7.99. The minimum atomic E-state index is 0.685. The van der Waals surface area contributed by atoms with E-state index in [0.29, 0.717) is 5.25 Å². The van der Waals surface area contributed by atoms with E-state index in [4.69, 9.17) is 0 Å². The average Bonchev–Trinajstić information content (AvgIpc) is 2.17. The van der Waals surface area contributed by atoms with Gasteiger partial charge in [-0.15, -0.1) is 0 Å². The summed E-state index contributed by atoms with van der Waals surface area (Å²) >= 11 is 1.99. The third kappa shape index (κ3) is 4.34. The van der Waals surface area contributed by atoms with Crippen LogP contribution in [0.5, 0.6) is 0 Å². The summed E-state index contributed by atoms with van der Waals surface area (Å²) in [5.41, 5.74) is 1.41. The van der Waals surface area contributed by atoms with Crippen LogP contribution in [0.4, 0.5) is 0 Å². The predicted molar refractivity (Wildman–Crippen MR) is 61.1 cm³/mol. The Labute approximate surface area is 84.9 Å². The number of rotatable bonds is 5. The Bertz CT molecular complexity index is 223. The maximum absolute atomic E-state index is 3.18. The first-order valence-corrected chi connectivity index (χ1v) is 5.68. The van der Waals surface area contributed by atoms with E-state index in [1.807, 2.05) is 18.8 Å². The molecule has 1 atom stereocenters. The van der Waals surface area contributed by atoms with E-state index in [2.05, 4.69) is 42.6 Å². The monoisotopic (exact) mass is 195 g/mol. The lowest BCUT2D eigenvalue weighted by atomic mass is 10.2. The summed E-state index contributed by atoms with van der Waals surface area (Å²) in [5, 5.41) is 3.87. The van der Waals surface area contributed by atoms with Crippen molar-refractivity contribution >= 4 is 11.8 Å². The van der Waals surface area contributed by atoms with Crippen molar-refractivity contribution in [2.45, 2.75) is 17.9 Å². The molecule has 2 heteroatoms. The molecule has 0 radical (unpaired) electrons. The van der Waals surface area contributed by atoms with Crippen LogP contribution in [-0.4, -0.2) is 18.8 Å². The van der Waals surface area contributed by atoms with Gasteiger partial charge in [0.2, 0.25) is 0 Å². The smallest absolute Gasteiger partial charge is 0.0187 e. The molecular formula is C11H17NS. The van der Waals surface area contributed by atoms with Crippen LogP contribution in [0.3, 0.4) is 0 Å². The van der Waals surface area contributed by atoms with Crippen LogP contribution < -0.4 is 5.32 Å². The summed E-state index contributed by atoms with van der Waals surface area (Å²) in [5.74, 6) is 1.11. The fourth-order valence-corrected chi connectivity index (χ4v) is 2.11.